The average molecular weight is 348 g/mol. The molecule has 0 aromatic carbocycles. The number of rotatable bonds is 1. The molecule has 0 N–H and O–H groups in total. The SMILES string of the molecule is Cc1cc(C(F)F)c(Br)nc1I. The van der Waals surface area contributed by atoms with Gasteiger partial charge >= 0.3 is 0 Å². The van der Waals surface area contributed by atoms with Gasteiger partial charge in [0.05, 0.1) is 5.56 Å². The number of hydrogen-bond donors (Lipinski definition) is 0. The van der Waals surface area contributed by atoms with Gasteiger partial charge in [0.15, 0.2) is 0 Å². The fraction of sp³-hybridized carbons (Fsp3) is 0.286. The molecular weight excluding hydrogens is 343 g/mol. The van der Waals surface area contributed by atoms with Gasteiger partial charge in [-0.15, -0.1) is 0 Å². The number of alkyl halides is 2. The van der Waals surface area contributed by atoms with E-state index < -0.39 is 6.43 Å². The highest BCUT2D eigenvalue weighted by atomic mass is 127. The number of hydrogen-bond acceptors (Lipinski definition) is 1. The molecule has 0 atom stereocenters. The molecular formula is C7H5BrF2IN. The standard InChI is InChI=1S/C7H5BrF2IN/c1-3-2-4(6(9)10)5(8)12-7(3)11/h2,6H,1H3. The van der Waals surface area contributed by atoms with E-state index in [0.29, 0.717) is 0 Å². The van der Waals surface area contributed by atoms with Crippen molar-refractivity contribution in [2.24, 2.45) is 0 Å². The van der Waals surface area contributed by atoms with Crippen LogP contribution in [-0.2, 0) is 0 Å². The van der Waals surface area contributed by atoms with Gasteiger partial charge in [0.1, 0.15) is 8.30 Å². The third-order valence-electron chi connectivity index (χ3n) is 1.37. The summed E-state index contributed by atoms with van der Waals surface area (Å²) in [6.07, 6.45) is -2.47. The lowest BCUT2D eigenvalue weighted by Gasteiger charge is -2.04. The van der Waals surface area contributed by atoms with Crippen LogP contribution in [0.2, 0.25) is 0 Å². The summed E-state index contributed by atoms with van der Waals surface area (Å²) in [5.74, 6) is 0. The van der Waals surface area contributed by atoms with Crippen LogP contribution < -0.4 is 0 Å². The first kappa shape index (κ1) is 10.3. The summed E-state index contributed by atoms with van der Waals surface area (Å²) >= 11 is 4.99. The van der Waals surface area contributed by atoms with Crippen LogP contribution >= 0.6 is 38.5 Å². The predicted molar refractivity (Wildman–Crippen MR) is 54.3 cm³/mol. The maximum atomic E-state index is 12.3. The van der Waals surface area contributed by atoms with Crippen LogP contribution in [0.25, 0.3) is 0 Å². The second-order valence-electron chi connectivity index (χ2n) is 2.28. The monoisotopic (exact) mass is 347 g/mol. The third-order valence-corrected chi connectivity index (χ3v) is 3.09. The highest BCUT2D eigenvalue weighted by molar-refractivity contribution is 14.1. The molecule has 0 saturated carbocycles. The summed E-state index contributed by atoms with van der Waals surface area (Å²) < 4.78 is 25.5. The second kappa shape index (κ2) is 3.95. The molecule has 1 aromatic rings. The van der Waals surface area contributed by atoms with Crippen molar-refractivity contribution >= 4 is 38.5 Å². The first-order valence-electron chi connectivity index (χ1n) is 3.13. The van der Waals surface area contributed by atoms with Crippen molar-refractivity contribution in [3.05, 3.63) is 25.5 Å². The van der Waals surface area contributed by atoms with Gasteiger partial charge in [-0.05, 0) is 57.1 Å². The molecule has 0 fully saturated rings. The average Bonchev–Trinajstić information content (AvgIpc) is 1.96. The van der Waals surface area contributed by atoms with E-state index in [1.807, 2.05) is 22.6 Å². The summed E-state index contributed by atoms with van der Waals surface area (Å²) in [4.78, 5) is 3.92. The van der Waals surface area contributed by atoms with Crippen LogP contribution in [0.4, 0.5) is 8.78 Å². The minimum absolute atomic E-state index is 0.0482. The van der Waals surface area contributed by atoms with E-state index in [2.05, 4.69) is 20.9 Å². The van der Waals surface area contributed by atoms with Crippen LogP contribution in [0.15, 0.2) is 10.7 Å². The highest BCUT2D eigenvalue weighted by Gasteiger charge is 2.13. The Morgan fingerprint density at radius 1 is 1.58 bits per heavy atom. The minimum atomic E-state index is -2.47. The molecule has 0 saturated heterocycles. The van der Waals surface area contributed by atoms with Crippen molar-refractivity contribution in [3.63, 3.8) is 0 Å². The molecule has 0 spiro atoms. The molecule has 0 unspecified atom stereocenters. The van der Waals surface area contributed by atoms with Crippen LogP contribution in [0.1, 0.15) is 17.6 Å². The Morgan fingerprint density at radius 2 is 2.17 bits per heavy atom. The summed E-state index contributed by atoms with van der Waals surface area (Å²) in [6, 6.07) is 1.45. The Hall–Kier alpha value is 0.220. The Balaban J connectivity index is 3.23. The summed E-state index contributed by atoms with van der Waals surface area (Å²) in [5.41, 5.74) is 0.724. The summed E-state index contributed by atoms with van der Waals surface area (Å²) in [6.45, 7) is 1.76. The maximum absolute atomic E-state index is 12.3. The quantitative estimate of drug-likeness (QED) is 0.557. The van der Waals surface area contributed by atoms with Crippen LogP contribution in [-0.4, -0.2) is 4.98 Å². The molecule has 66 valence electrons. The number of nitrogens with zero attached hydrogens (tertiary/aromatic N) is 1. The van der Waals surface area contributed by atoms with Crippen molar-refractivity contribution < 1.29 is 8.78 Å². The summed E-state index contributed by atoms with van der Waals surface area (Å²) in [7, 11) is 0. The minimum Gasteiger partial charge on any atom is -0.234 e. The first-order valence-corrected chi connectivity index (χ1v) is 5.00. The van der Waals surface area contributed by atoms with E-state index in [1.165, 1.54) is 6.07 Å². The van der Waals surface area contributed by atoms with Gasteiger partial charge in [0.25, 0.3) is 6.43 Å². The zero-order valence-corrected chi connectivity index (χ0v) is 9.86. The van der Waals surface area contributed by atoms with Crippen LogP contribution in [0.5, 0.6) is 0 Å². The molecule has 12 heavy (non-hydrogen) atoms. The molecule has 0 amide bonds. The lowest BCUT2D eigenvalue weighted by molar-refractivity contribution is 0.150. The smallest absolute Gasteiger partial charge is 0.234 e. The van der Waals surface area contributed by atoms with E-state index in [9.17, 15) is 8.78 Å². The molecule has 0 aliphatic rings. The molecule has 1 rings (SSSR count). The van der Waals surface area contributed by atoms with Gasteiger partial charge in [-0.25, -0.2) is 13.8 Å². The van der Waals surface area contributed by atoms with E-state index in [1.54, 1.807) is 6.92 Å². The molecule has 5 heteroatoms. The summed E-state index contributed by atoms with van der Waals surface area (Å²) in [5, 5.41) is 0. The van der Waals surface area contributed by atoms with E-state index >= 15 is 0 Å². The molecule has 0 aliphatic heterocycles. The number of aromatic nitrogens is 1. The van der Waals surface area contributed by atoms with Gasteiger partial charge in [-0.2, -0.15) is 0 Å². The number of halogens is 4. The number of pyridine rings is 1. The van der Waals surface area contributed by atoms with E-state index in [0.717, 1.165) is 9.26 Å². The predicted octanol–water partition coefficient (Wildman–Crippen LogP) is 3.69. The fourth-order valence-electron chi connectivity index (χ4n) is 0.744. The lowest BCUT2D eigenvalue weighted by Crippen LogP contribution is -1.94. The maximum Gasteiger partial charge on any atom is 0.266 e. The Bertz CT molecular complexity index is 304. The van der Waals surface area contributed by atoms with Crippen molar-refractivity contribution in [2.45, 2.75) is 13.3 Å². The van der Waals surface area contributed by atoms with Gasteiger partial charge in [-0.1, -0.05) is 0 Å². The van der Waals surface area contributed by atoms with Crippen molar-refractivity contribution in [3.8, 4) is 0 Å². The Labute approximate surface area is 90.8 Å². The van der Waals surface area contributed by atoms with Crippen LogP contribution in [0, 0.1) is 10.6 Å². The first-order chi connectivity index (χ1) is 5.52. The van der Waals surface area contributed by atoms with Crippen molar-refractivity contribution in [2.75, 3.05) is 0 Å². The fourth-order valence-corrected chi connectivity index (χ4v) is 1.94. The molecule has 1 aromatic heterocycles. The molecule has 0 bridgehead atoms. The van der Waals surface area contributed by atoms with E-state index in [4.69, 9.17) is 0 Å². The second-order valence-corrected chi connectivity index (χ2v) is 4.05. The zero-order chi connectivity index (χ0) is 9.30. The van der Waals surface area contributed by atoms with Crippen LogP contribution in [0.3, 0.4) is 0 Å². The van der Waals surface area contributed by atoms with Gasteiger partial charge in [0.2, 0.25) is 0 Å². The third kappa shape index (κ3) is 2.12. The molecule has 0 aliphatic carbocycles. The van der Waals surface area contributed by atoms with E-state index in [-0.39, 0.29) is 10.2 Å². The van der Waals surface area contributed by atoms with Crippen molar-refractivity contribution in [1.29, 1.82) is 0 Å². The van der Waals surface area contributed by atoms with Gasteiger partial charge < -0.3 is 0 Å². The lowest BCUT2D eigenvalue weighted by atomic mass is 10.2. The largest absolute Gasteiger partial charge is 0.266 e. The van der Waals surface area contributed by atoms with Gasteiger partial charge in [0, 0.05) is 0 Å². The number of aryl methyl sites for hydroxylation is 1. The molecule has 1 nitrogen and oxygen atoms in total. The molecule has 0 radical (unpaired) electrons. The Morgan fingerprint density at radius 3 is 2.67 bits per heavy atom. The van der Waals surface area contributed by atoms with Gasteiger partial charge in [-0.3, -0.25) is 0 Å². The normalized spacial score (nSPS) is 10.8. The Kier molecular flexibility index (Phi) is 3.39. The highest BCUT2D eigenvalue weighted by Crippen LogP contribution is 2.27. The topological polar surface area (TPSA) is 12.9 Å². The molecule has 1 heterocycles. The zero-order valence-electron chi connectivity index (χ0n) is 6.11. The van der Waals surface area contributed by atoms with Crippen molar-refractivity contribution in [1.82, 2.24) is 4.98 Å².